The van der Waals surface area contributed by atoms with Crippen LogP contribution in [0.25, 0.3) is 11.3 Å². The molecule has 1 saturated heterocycles. The Balaban J connectivity index is 1.48. The van der Waals surface area contributed by atoms with Crippen LogP contribution in [-0.4, -0.2) is 77.9 Å². The van der Waals surface area contributed by atoms with Crippen molar-refractivity contribution in [2.24, 2.45) is 0 Å². The monoisotopic (exact) mass is 658 g/mol. The summed E-state index contributed by atoms with van der Waals surface area (Å²) in [5.41, 5.74) is 1.95. The largest absolute Gasteiger partial charge is 0.443 e. The number of hydrogen-bond donors (Lipinski definition) is 1. The van der Waals surface area contributed by atoms with Crippen LogP contribution < -0.4 is 10.2 Å². The van der Waals surface area contributed by atoms with E-state index in [-0.39, 0.29) is 5.04 Å². The molecule has 0 bridgehead atoms. The minimum atomic E-state index is -2.12. The fourth-order valence-electron chi connectivity index (χ4n) is 5.85. The van der Waals surface area contributed by atoms with Crippen LogP contribution in [0.5, 0.6) is 0 Å². The molecule has 2 aliphatic heterocycles. The van der Waals surface area contributed by atoms with Crippen molar-refractivity contribution in [1.82, 2.24) is 24.6 Å². The summed E-state index contributed by atoms with van der Waals surface area (Å²) in [5, 5.41) is 18.4. The molecule has 0 unspecified atom stereocenters. The third-order valence-corrected chi connectivity index (χ3v) is 14.2. The van der Waals surface area contributed by atoms with Crippen molar-refractivity contribution < 1.29 is 14.0 Å². The predicted octanol–water partition coefficient (Wildman–Crippen LogP) is 7.26. The summed E-state index contributed by atoms with van der Waals surface area (Å²) in [4.78, 5) is 26.8. The predicted molar refractivity (Wildman–Crippen MR) is 188 cm³/mol. The van der Waals surface area contributed by atoms with Gasteiger partial charge >= 0.3 is 6.09 Å². The fraction of sp³-hybridized carbons (Fsp3) is 0.571. The lowest BCUT2D eigenvalue weighted by Crippen LogP contribution is -2.46. The Bertz CT molecular complexity index is 1660. The van der Waals surface area contributed by atoms with Crippen molar-refractivity contribution in [3.05, 3.63) is 47.8 Å². The third-order valence-electron chi connectivity index (χ3n) is 9.69. The maximum Gasteiger partial charge on any atom is 0.414 e. The summed E-state index contributed by atoms with van der Waals surface area (Å²) in [6.45, 7) is 21.6. The van der Waals surface area contributed by atoms with Gasteiger partial charge in [0.1, 0.15) is 11.7 Å². The van der Waals surface area contributed by atoms with E-state index in [1.165, 1.54) is 0 Å². The lowest BCUT2D eigenvalue weighted by molar-refractivity contribution is 0.0575. The summed E-state index contributed by atoms with van der Waals surface area (Å²) >= 11 is 0. The summed E-state index contributed by atoms with van der Waals surface area (Å²) in [6, 6.07) is 10.3. The second kappa shape index (κ2) is 12.7. The standard InChI is InChI=1S/C35H50N8O3Si/c1-33(2,3)46-32(44)42-22-35(7,23-45-47(9,10)34(4,5)6)27-20-24(19-25(21-36)30(27)42)28-11-15-37-31(38-28)39-29-14-18-43(40-29)26-12-16-41(8)17-13-26/h11,14-15,18-20,26H,12-13,16-17,22-23H2,1-10H3,(H,37,38,39,40)/t35-/m1/s1. The van der Waals surface area contributed by atoms with Crippen molar-refractivity contribution in [1.29, 1.82) is 5.26 Å². The third kappa shape index (κ3) is 7.53. The normalized spacial score (nSPS) is 19.4. The zero-order valence-corrected chi connectivity index (χ0v) is 30.6. The van der Waals surface area contributed by atoms with Gasteiger partial charge in [0.2, 0.25) is 5.95 Å². The maximum atomic E-state index is 13.6. The number of nitriles is 1. The van der Waals surface area contributed by atoms with Crippen LogP contribution in [0.2, 0.25) is 18.1 Å². The number of anilines is 3. The molecule has 5 rings (SSSR count). The van der Waals surface area contributed by atoms with Crippen molar-refractivity contribution in [3.63, 3.8) is 0 Å². The van der Waals surface area contributed by atoms with E-state index < -0.39 is 25.4 Å². The molecule has 2 aromatic heterocycles. The van der Waals surface area contributed by atoms with Gasteiger partial charge in [0.15, 0.2) is 14.1 Å². The molecule has 1 fully saturated rings. The van der Waals surface area contributed by atoms with E-state index in [2.05, 4.69) is 69.1 Å². The van der Waals surface area contributed by atoms with Gasteiger partial charge in [0.05, 0.1) is 23.0 Å². The zero-order chi connectivity index (χ0) is 34.4. The molecule has 12 heteroatoms. The molecule has 1 amide bonds. The molecule has 47 heavy (non-hydrogen) atoms. The van der Waals surface area contributed by atoms with Crippen LogP contribution in [0.3, 0.4) is 0 Å². The number of piperidine rings is 1. The number of aromatic nitrogens is 4. The van der Waals surface area contributed by atoms with Gasteiger partial charge in [-0.1, -0.05) is 27.7 Å². The van der Waals surface area contributed by atoms with Crippen molar-refractivity contribution in [2.45, 2.75) is 96.5 Å². The Labute approximate surface area is 280 Å². The smallest absolute Gasteiger partial charge is 0.414 e. The number of hydrogen-bond acceptors (Lipinski definition) is 9. The van der Waals surface area contributed by atoms with E-state index in [4.69, 9.17) is 19.2 Å². The molecule has 2 aliphatic rings. The van der Waals surface area contributed by atoms with E-state index >= 15 is 0 Å². The van der Waals surface area contributed by atoms with Gasteiger partial charge in [-0.25, -0.2) is 14.8 Å². The second-order valence-corrected chi connectivity index (χ2v) is 20.6. The van der Waals surface area contributed by atoms with Crippen LogP contribution in [0, 0.1) is 11.3 Å². The van der Waals surface area contributed by atoms with Gasteiger partial charge in [-0.2, -0.15) is 10.4 Å². The Morgan fingerprint density at radius 2 is 1.85 bits per heavy atom. The van der Waals surface area contributed by atoms with Gasteiger partial charge in [-0.15, -0.1) is 0 Å². The molecular formula is C35H50N8O3Si. The highest BCUT2D eigenvalue weighted by Gasteiger charge is 2.47. The number of nitrogens with zero attached hydrogens (tertiary/aromatic N) is 7. The molecule has 4 heterocycles. The Morgan fingerprint density at radius 1 is 1.15 bits per heavy atom. The summed E-state index contributed by atoms with van der Waals surface area (Å²) in [6.07, 6.45) is 5.35. The van der Waals surface area contributed by atoms with E-state index in [0.717, 1.165) is 37.1 Å². The second-order valence-electron chi connectivity index (χ2n) is 15.8. The van der Waals surface area contributed by atoms with E-state index in [1.54, 1.807) is 17.2 Å². The molecular weight excluding hydrogens is 609 g/mol. The van der Waals surface area contributed by atoms with Crippen molar-refractivity contribution in [2.75, 3.05) is 43.5 Å². The zero-order valence-electron chi connectivity index (χ0n) is 29.6. The molecule has 252 valence electrons. The number of benzene rings is 1. The molecule has 0 radical (unpaired) electrons. The molecule has 1 N–H and O–H groups in total. The molecule has 1 aromatic carbocycles. The van der Waals surface area contributed by atoms with Gasteiger partial charge in [0.25, 0.3) is 0 Å². The number of carbonyl (C=O) groups excluding carboxylic acids is 1. The average Bonchev–Trinajstić information content (AvgIpc) is 3.57. The van der Waals surface area contributed by atoms with Crippen LogP contribution in [0.15, 0.2) is 36.7 Å². The van der Waals surface area contributed by atoms with Crippen LogP contribution in [0.4, 0.5) is 22.2 Å². The molecule has 11 nitrogen and oxygen atoms in total. The first-order valence-electron chi connectivity index (χ1n) is 16.5. The van der Waals surface area contributed by atoms with E-state index in [0.29, 0.717) is 47.9 Å². The average molecular weight is 659 g/mol. The molecule has 0 spiro atoms. The maximum absolute atomic E-state index is 13.6. The first kappa shape index (κ1) is 34.5. The first-order chi connectivity index (χ1) is 21.9. The highest BCUT2D eigenvalue weighted by molar-refractivity contribution is 6.74. The number of likely N-dealkylation sites (tertiary alicyclic amines) is 1. The minimum Gasteiger partial charge on any atom is -0.443 e. The Kier molecular flexibility index (Phi) is 9.31. The number of nitrogens with one attached hydrogen (secondary N) is 1. The number of ether oxygens (including phenoxy) is 1. The van der Waals surface area contributed by atoms with Crippen LogP contribution >= 0.6 is 0 Å². The molecule has 0 aliphatic carbocycles. The topological polar surface area (TPSA) is 121 Å². The van der Waals surface area contributed by atoms with E-state index in [9.17, 15) is 10.1 Å². The highest BCUT2D eigenvalue weighted by atomic mass is 28.4. The van der Waals surface area contributed by atoms with Crippen LogP contribution in [-0.2, 0) is 14.6 Å². The first-order valence-corrected chi connectivity index (χ1v) is 19.4. The summed E-state index contributed by atoms with van der Waals surface area (Å²) in [7, 11) is 0.0274. The van der Waals surface area contributed by atoms with E-state index in [1.807, 2.05) is 49.8 Å². The number of amides is 1. The molecule has 0 saturated carbocycles. The minimum absolute atomic E-state index is 0.0165. The lowest BCUT2D eigenvalue weighted by atomic mass is 9.83. The van der Waals surface area contributed by atoms with Gasteiger partial charge in [-0.05, 0) is 95.6 Å². The van der Waals surface area contributed by atoms with Crippen molar-refractivity contribution in [3.8, 4) is 17.3 Å². The Morgan fingerprint density at radius 3 is 2.49 bits per heavy atom. The summed E-state index contributed by atoms with van der Waals surface area (Å²) < 4.78 is 14.6. The van der Waals surface area contributed by atoms with Gasteiger partial charge in [0, 0.05) is 42.6 Å². The van der Waals surface area contributed by atoms with Crippen LogP contribution in [0.1, 0.15) is 78.5 Å². The number of carbonyl (C=O) groups is 1. The molecule has 3 aromatic rings. The number of fused-ring (bicyclic) bond motifs is 1. The lowest BCUT2D eigenvalue weighted by Gasteiger charge is -2.39. The quantitative estimate of drug-likeness (QED) is 0.262. The Hall–Kier alpha value is -3.79. The fourth-order valence-corrected chi connectivity index (χ4v) is 6.96. The highest BCUT2D eigenvalue weighted by Crippen LogP contribution is 2.47. The van der Waals surface area contributed by atoms with Crippen molar-refractivity contribution >= 4 is 31.9 Å². The molecule has 1 atom stereocenters. The summed E-state index contributed by atoms with van der Waals surface area (Å²) in [5.74, 6) is 1.09. The van der Waals surface area contributed by atoms with Gasteiger partial charge < -0.3 is 19.4 Å². The SMILES string of the molecule is CN1CCC(n2ccc(Nc3nccc(-c4cc(C#N)c5c(c4)[C@@](C)(CO[Si](C)(C)C(C)(C)C)CN5C(=O)OC(C)(C)C)n3)n2)CC1. The number of rotatable bonds is 7. The van der Waals surface area contributed by atoms with Gasteiger partial charge in [-0.3, -0.25) is 9.58 Å².